The predicted octanol–water partition coefficient (Wildman–Crippen LogP) is 4.61. The Hall–Kier alpha value is -1.12. The minimum Gasteiger partial charge on any atom is -0.338 e. The van der Waals surface area contributed by atoms with Crippen LogP contribution in [0.15, 0.2) is 12.3 Å². The highest BCUT2D eigenvalue weighted by atomic mass is 15.3. The van der Waals surface area contributed by atoms with E-state index in [-0.39, 0.29) is 0 Å². The van der Waals surface area contributed by atoms with E-state index in [9.17, 15) is 0 Å². The van der Waals surface area contributed by atoms with Gasteiger partial charge in [-0.25, -0.2) is 9.97 Å². The van der Waals surface area contributed by atoms with Gasteiger partial charge in [0.25, 0.3) is 0 Å². The summed E-state index contributed by atoms with van der Waals surface area (Å²) in [5, 5.41) is 0. The van der Waals surface area contributed by atoms with Crippen LogP contribution >= 0.6 is 0 Å². The van der Waals surface area contributed by atoms with Crippen molar-refractivity contribution in [2.45, 2.75) is 78.7 Å². The molecule has 0 unspecified atom stereocenters. The van der Waals surface area contributed by atoms with E-state index in [1.165, 1.54) is 38.5 Å². The number of rotatable bonds is 10. The summed E-state index contributed by atoms with van der Waals surface area (Å²) in [7, 11) is 0. The SMILES string of the molecule is CCCCN(c1nccc(CC)n1)C(CCC)CCC. The van der Waals surface area contributed by atoms with Crippen LogP contribution in [-0.4, -0.2) is 22.6 Å². The first-order chi connectivity index (χ1) is 9.76. The molecule has 0 saturated heterocycles. The molecule has 0 N–H and O–H groups in total. The van der Waals surface area contributed by atoms with Crippen LogP contribution in [0.3, 0.4) is 0 Å². The zero-order valence-corrected chi connectivity index (χ0v) is 13.7. The highest BCUT2D eigenvalue weighted by Crippen LogP contribution is 2.20. The second kappa shape index (κ2) is 9.73. The van der Waals surface area contributed by atoms with Crippen molar-refractivity contribution < 1.29 is 0 Å². The molecule has 114 valence electrons. The molecule has 3 nitrogen and oxygen atoms in total. The normalized spacial score (nSPS) is 11.1. The van der Waals surface area contributed by atoms with Crippen molar-refractivity contribution >= 4 is 5.95 Å². The molecule has 0 aromatic carbocycles. The number of aromatic nitrogens is 2. The zero-order chi connectivity index (χ0) is 14.8. The molecule has 0 spiro atoms. The molecule has 0 fully saturated rings. The zero-order valence-electron chi connectivity index (χ0n) is 13.7. The van der Waals surface area contributed by atoms with E-state index < -0.39 is 0 Å². The molecule has 0 aliphatic carbocycles. The second-order valence-electron chi connectivity index (χ2n) is 5.48. The van der Waals surface area contributed by atoms with Crippen molar-refractivity contribution in [3.63, 3.8) is 0 Å². The van der Waals surface area contributed by atoms with E-state index in [1.54, 1.807) is 0 Å². The smallest absolute Gasteiger partial charge is 0.225 e. The predicted molar refractivity (Wildman–Crippen MR) is 87.3 cm³/mol. The summed E-state index contributed by atoms with van der Waals surface area (Å²) in [6, 6.07) is 2.61. The Labute approximate surface area is 124 Å². The fraction of sp³-hybridized carbons (Fsp3) is 0.765. The number of hydrogen-bond acceptors (Lipinski definition) is 3. The molecular formula is C17H31N3. The summed E-state index contributed by atoms with van der Waals surface area (Å²) < 4.78 is 0. The van der Waals surface area contributed by atoms with Crippen LogP contribution in [-0.2, 0) is 6.42 Å². The molecular weight excluding hydrogens is 246 g/mol. The van der Waals surface area contributed by atoms with Gasteiger partial charge in [0.15, 0.2) is 0 Å². The van der Waals surface area contributed by atoms with Crippen LogP contribution < -0.4 is 4.90 Å². The third-order valence-corrected chi connectivity index (χ3v) is 3.76. The molecule has 20 heavy (non-hydrogen) atoms. The van der Waals surface area contributed by atoms with Crippen LogP contribution in [0.2, 0.25) is 0 Å². The number of nitrogens with zero attached hydrogens (tertiary/aromatic N) is 3. The lowest BCUT2D eigenvalue weighted by Gasteiger charge is -2.32. The van der Waals surface area contributed by atoms with Crippen molar-refractivity contribution in [1.29, 1.82) is 0 Å². The maximum atomic E-state index is 4.74. The first-order valence-electron chi connectivity index (χ1n) is 8.35. The van der Waals surface area contributed by atoms with Crippen LogP contribution in [0.4, 0.5) is 5.95 Å². The number of anilines is 1. The van der Waals surface area contributed by atoms with Crippen molar-refractivity contribution in [2.75, 3.05) is 11.4 Å². The summed E-state index contributed by atoms with van der Waals surface area (Å²) in [6.45, 7) is 10.0. The van der Waals surface area contributed by atoms with E-state index in [0.717, 1.165) is 24.6 Å². The van der Waals surface area contributed by atoms with Gasteiger partial charge in [0.1, 0.15) is 0 Å². The van der Waals surface area contributed by atoms with Crippen molar-refractivity contribution in [2.24, 2.45) is 0 Å². The quantitative estimate of drug-likeness (QED) is 0.625. The third kappa shape index (κ3) is 5.10. The minimum atomic E-state index is 0.587. The van der Waals surface area contributed by atoms with Crippen LogP contribution in [0, 0.1) is 0 Å². The Bertz CT molecular complexity index is 359. The van der Waals surface area contributed by atoms with Crippen LogP contribution in [0.1, 0.15) is 71.9 Å². The molecule has 0 aliphatic rings. The van der Waals surface area contributed by atoms with Gasteiger partial charge in [-0.1, -0.05) is 47.0 Å². The molecule has 0 atom stereocenters. The number of aryl methyl sites for hydroxylation is 1. The molecule has 0 bridgehead atoms. The van der Waals surface area contributed by atoms with Gasteiger partial charge in [0.2, 0.25) is 5.95 Å². The summed E-state index contributed by atoms with van der Waals surface area (Å²) in [6.07, 6.45) is 10.2. The van der Waals surface area contributed by atoms with E-state index in [2.05, 4.69) is 37.6 Å². The molecule has 1 heterocycles. The van der Waals surface area contributed by atoms with E-state index in [0.29, 0.717) is 6.04 Å². The lowest BCUT2D eigenvalue weighted by Crippen LogP contribution is -2.37. The highest BCUT2D eigenvalue weighted by Gasteiger charge is 2.19. The standard InChI is InChI=1S/C17H31N3/c1-5-9-14-20(16(10-6-2)11-7-3)17-18-13-12-15(8-4)19-17/h12-13,16H,5-11,14H2,1-4H3. The van der Waals surface area contributed by atoms with E-state index in [4.69, 9.17) is 4.98 Å². The van der Waals surface area contributed by atoms with Gasteiger partial charge in [-0.05, 0) is 31.7 Å². The van der Waals surface area contributed by atoms with Crippen molar-refractivity contribution in [3.05, 3.63) is 18.0 Å². The molecule has 1 rings (SSSR count). The lowest BCUT2D eigenvalue weighted by atomic mass is 10.0. The summed E-state index contributed by atoms with van der Waals surface area (Å²) in [4.78, 5) is 11.7. The fourth-order valence-electron chi connectivity index (χ4n) is 2.62. The van der Waals surface area contributed by atoms with E-state index in [1.807, 2.05) is 12.3 Å². The summed E-state index contributed by atoms with van der Waals surface area (Å²) >= 11 is 0. The van der Waals surface area contributed by atoms with Gasteiger partial charge < -0.3 is 4.90 Å². The number of hydrogen-bond donors (Lipinski definition) is 0. The topological polar surface area (TPSA) is 29.0 Å². The Morgan fingerprint density at radius 3 is 2.30 bits per heavy atom. The van der Waals surface area contributed by atoms with Gasteiger partial charge >= 0.3 is 0 Å². The van der Waals surface area contributed by atoms with E-state index >= 15 is 0 Å². The Kier molecular flexibility index (Phi) is 8.24. The molecule has 0 amide bonds. The first-order valence-corrected chi connectivity index (χ1v) is 8.35. The van der Waals surface area contributed by atoms with Crippen LogP contribution in [0.5, 0.6) is 0 Å². The molecule has 3 heteroatoms. The van der Waals surface area contributed by atoms with Gasteiger partial charge in [0, 0.05) is 24.5 Å². The largest absolute Gasteiger partial charge is 0.338 e. The first kappa shape index (κ1) is 16.9. The van der Waals surface area contributed by atoms with Crippen LogP contribution in [0.25, 0.3) is 0 Å². The Balaban J connectivity index is 2.94. The Morgan fingerprint density at radius 1 is 1.05 bits per heavy atom. The lowest BCUT2D eigenvalue weighted by molar-refractivity contribution is 0.488. The molecule has 0 aliphatic heterocycles. The van der Waals surface area contributed by atoms with Gasteiger partial charge in [-0.15, -0.1) is 0 Å². The van der Waals surface area contributed by atoms with Crippen molar-refractivity contribution in [1.82, 2.24) is 9.97 Å². The second-order valence-corrected chi connectivity index (χ2v) is 5.48. The van der Waals surface area contributed by atoms with Gasteiger partial charge in [-0.3, -0.25) is 0 Å². The Morgan fingerprint density at radius 2 is 1.75 bits per heavy atom. The monoisotopic (exact) mass is 277 g/mol. The van der Waals surface area contributed by atoms with Gasteiger partial charge in [0.05, 0.1) is 0 Å². The highest BCUT2D eigenvalue weighted by molar-refractivity contribution is 5.32. The molecule has 0 saturated carbocycles. The van der Waals surface area contributed by atoms with Gasteiger partial charge in [-0.2, -0.15) is 0 Å². The number of unbranched alkanes of at least 4 members (excludes halogenated alkanes) is 1. The minimum absolute atomic E-state index is 0.587. The van der Waals surface area contributed by atoms with Crippen molar-refractivity contribution in [3.8, 4) is 0 Å². The molecule has 1 aromatic rings. The molecule has 0 radical (unpaired) electrons. The maximum absolute atomic E-state index is 4.74. The summed E-state index contributed by atoms with van der Waals surface area (Å²) in [5.41, 5.74) is 1.14. The average Bonchev–Trinajstić information content (AvgIpc) is 2.48. The third-order valence-electron chi connectivity index (χ3n) is 3.76. The summed E-state index contributed by atoms with van der Waals surface area (Å²) in [5.74, 6) is 0.935. The molecule has 1 aromatic heterocycles. The maximum Gasteiger partial charge on any atom is 0.225 e. The fourth-order valence-corrected chi connectivity index (χ4v) is 2.62. The average molecular weight is 277 g/mol.